The second-order valence-corrected chi connectivity index (χ2v) is 8.01. The molecule has 1 aliphatic carbocycles. The number of benzene rings is 2. The molecule has 0 spiro atoms. The fraction of sp³-hybridized carbons (Fsp3) is 0.286. The van der Waals surface area contributed by atoms with Gasteiger partial charge in [-0.05, 0) is 12.1 Å². The second kappa shape index (κ2) is 7.16. The predicted molar refractivity (Wildman–Crippen MR) is 107 cm³/mol. The van der Waals surface area contributed by atoms with E-state index in [9.17, 15) is 9.59 Å². The van der Waals surface area contributed by atoms with E-state index in [0.717, 1.165) is 43.8 Å². The molecule has 0 saturated carbocycles. The number of carbonyl (C=O) groups excluding carboxylic acids is 2. The number of nitrogens with zero attached hydrogens (tertiary/aromatic N) is 2. The van der Waals surface area contributed by atoms with Crippen LogP contribution >= 0.6 is 11.8 Å². The van der Waals surface area contributed by atoms with Gasteiger partial charge in [-0.2, -0.15) is 0 Å². The van der Waals surface area contributed by atoms with Crippen LogP contribution in [0.1, 0.15) is 31.8 Å². The molecule has 0 unspecified atom stereocenters. The van der Waals surface area contributed by atoms with Crippen molar-refractivity contribution in [3.8, 4) is 0 Å². The number of ketones is 2. The number of H-pyrrole nitrogens is 1. The summed E-state index contributed by atoms with van der Waals surface area (Å²) in [5.74, 6) is 0.671. The average molecular weight is 393 g/mol. The van der Waals surface area contributed by atoms with Crippen molar-refractivity contribution in [2.45, 2.75) is 5.16 Å². The lowest BCUT2D eigenvalue weighted by Gasteiger charge is -2.26. The Morgan fingerprint density at radius 2 is 1.75 bits per heavy atom. The zero-order valence-electron chi connectivity index (χ0n) is 15.2. The zero-order valence-corrected chi connectivity index (χ0v) is 16.1. The molecule has 6 nitrogen and oxygen atoms in total. The summed E-state index contributed by atoms with van der Waals surface area (Å²) in [5.41, 5.74) is 3.19. The first kappa shape index (κ1) is 17.6. The fourth-order valence-electron chi connectivity index (χ4n) is 3.80. The van der Waals surface area contributed by atoms with Crippen molar-refractivity contribution in [3.63, 3.8) is 0 Å². The molecule has 1 aliphatic heterocycles. The van der Waals surface area contributed by atoms with Gasteiger partial charge in [-0.1, -0.05) is 36.0 Å². The van der Waals surface area contributed by atoms with Gasteiger partial charge in [-0.25, -0.2) is 4.98 Å². The van der Waals surface area contributed by atoms with Crippen molar-refractivity contribution in [3.05, 3.63) is 58.7 Å². The summed E-state index contributed by atoms with van der Waals surface area (Å²) in [6, 6.07) is 10.5. The first-order valence-corrected chi connectivity index (χ1v) is 10.3. The summed E-state index contributed by atoms with van der Waals surface area (Å²) >= 11 is 1.63. The van der Waals surface area contributed by atoms with E-state index in [-0.39, 0.29) is 11.6 Å². The summed E-state index contributed by atoms with van der Waals surface area (Å²) in [5, 5.41) is 0.774. The van der Waals surface area contributed by atoms with Gasteiger partial charge < -0.3 is 9.72 Å². The maximum Gasteiger partial charge on any atom is 0.196 e. The Labute approximate surface area is 166 Å². The maximum absolute atomic E-state index is 13.1. The number of ether oxygens (including phenoxy) is 1. The molecule has 0 bridgehead atoms. The highest BCUT2D eigenvalue weighted by atomic mass is 32.2. The predicted octanol–water partition coefficient (Wildman–Crippen LogP) is 2.76. The molecule has 0 atom stereocenters. The number of rotatable bonds is 4. The summed E-state index contributed by atoms with van der Waals surface area (Å²) in [6.45, 7) is 4.47. The van der Waals surface area contributed by atoms with Crippen LogP contribution in [0.15, 0.2) is 41.6 Å². The molecule has 28 heavy (non-hydrogen) atoms. The maximum atomic E-state index is 13.1. The molecule has 1 N–H and O–H groups in total. The molecule has 0 radical (unpaired) electrons. The number of hydrogen-bond acceptors (Lipinski definition) is 6. The number of aromatic amines is 1. The van der Waals surface area contributed by atoms with E-state index in [0.29, 0.717) is 33.3 Å². The monoisotopic (exact) mass is 393 g/mol. The van der Waals surface area contributed by atoms with Crippen LogP contribution in [0.3, 0.4) is 0 Å². The van der Waals surface area contributed by atoms with Crippen LogP contribution < -0.4 is 0 Å². The van der Waals surface area contributed by atoms with Gasteiger partial charge >= 0.3 is 0 Å². The van der Waals surface area contributed by atoms with E-state index < -0.39 is 0 Å². The SMILES string of the molecule is O=C1c2ccccc2C(=O)c2c1ccc1nc(SCCN3CCOCC3)[nH]c21. The number of carbonyl (C=O) groups is 2. The Morgan fingerprint density at radius 1 is 1.00 bits per heavy atom. The molecule has 2 aromatic carbocycles. The summed E-state index contributed by atoms with van der Waals surface area (Å²) in [4.78, 5) is 36.2. The first-order valence-electron chi connectivity index (χ1n) is 9.36. The Hall–Kier alpha value is -2.48. The van der Waals surface area contributed by atoms with Gasteiger partial charge in [-0.15, -0.1) is 0 Å². The molecule has 2 aliphatic rings. The largest absolute Gasteiger partial charge is 0.379 e. The van der Waals surface area contributed by atoms with Gasteiger partial charge in [0.1, 0.15) is 0 Å². The third-order valence-electron chi connectivity index (χ3n) is 5.28. The summed E-state index contributed by atoms with van der Waals surface area (Å²) in [7, 11) is 0. The molecular weight excluding hydrogens is 374 g/mol. The van der Waals surface area contributed by atoms with Gasteiger partial charge in [-0.3, -0.25) is 14.5 Å². The normalized spacial score (nSPS) is 17.0. The smallest absolute Gasteiger partial charge is 0.196 e. The van der Waals surface area contributed by atoms with E-state index in [1.54, 1.807) is 42.1 Å². The highest BCUT2D eigenvalue weighted by Gasteiger charge is 2.31. The number of nitrogens with one attached hydrogen (secondary N) is 1. The molecule has 1 aromatic heterocycles. The van der Waals surface area contributed by atoms with Crippen LogP contribution in [-0.4, -0.2) is 65.0 Å². The third kappa shape index (κ3) is 2.96. The van der Waals surface area contributed by atoms with Gasteiger partial charge in [0.25, 0.3) is 0 Å². The Bertz CT molecular complexity index is 1090. The molecule has 1 saturated heterocycles. The van der Waals surface area contributed by atoms with Crippen molar-refractivity contribution >= 4 is 34.4 Å². The topological polar surface area (TPSA) is 75.3 Å². The van der Waals surface area contributed by atoms with Crippen molar-refractivity contribution in [2.75, 3.05) is 38.6 Å². The van der Waals surface area contributed by atoms with Crippen LogP contribution in [0.2, 0.25) is 0 Å². The average Bonchev–Trinajstić information content (AvgIpc) is 3.15. The van der Waals surface area contributed by atoms with Crippen molar-refractivity contribution in [1.29, 1.82) is 0 Å². The van der Waals surface area contributed by atoms with Crippen LogP contribution in [0.5, 0.6) is 0 Å². The van der Waals surface area contributed by atoms with Crippen molar-refractivity contribution in [2.24, 2.45) is 0 Å². The van der Waals surface area contributed by atoms with Crippen molar-refractivity contribution in [1.82, 2.24) is 14.9 Å². The minimum absolute atomic E-state index is 0.108. The molecule has 1 fully saturated rings. The third-order valence-corrected chi connectivity index (χ3v) is 6.13. The van der Waals surface area contributed by atoms with Gasteiger partial charge in [0.15, 0.2) is 16.7 Å². The summed E-state index contributed by atoms with van der Waals surface area (Å²) in [6.07, 6.45) is 0. The van der Waals surface area contributed by atoms with E-state index in [1.807, 2.05) is 6.07 Å². The zero-order chi connectivity index (χ0) is 19.1. The molecule has 7 heteroatoms. The van der Waals surface area contributed by atoms with Gasteiger partial charge in [0.2, 0.25) is 0 Å². The number of morpholine rings is 1. The lowest BCUT2D eigenvalue weighted by Crippen LogP contribution is -2.37. The van der Waals surface area contributed by atoms with Gasteiger partial charge in [0.05, 0.1) is 29.8 Å². The standard InChI is InChI=1S/C21H19N3O3S/c25-19-13-3-1-2-4-14(13)20(26)17-15(19)5-6-16-18(17)23-21(22-16)28-12-9-24-7-10-27-11-8-24/h1-6H,7-12H2,(H,22,23). The number of aromatic nitrogens is 2. The van der Waals surface area contributed by atoms with Crippen molar-refractivity contribution < 1.29 is 14.3 Å². The summed E-state index contributed by atoms with van der Waals surface area (Å²) < 4.78 is 5.37. The Morgan fingerprint density at radius 3 is 2.54 bits per heavy atom. The highest BCUT2D eigenvalue weighted by Crippen LogP contribution is 2.32. The molecule has 0 amide bonds. The Kier molecular flexibility index (Phi) is 4.50. The van der Waals surface area contributed by atoms with Crippen LogP contribution in [-0.2, 0) is 4.74 Å². The minimum atomic E-state index is -0.121. The quantitative estimate of drug-likeness (QED) is 0.538. The molecule has 142 valence electrons. The van der Waals surface area contributed by atoms with Gasteiger partial charge in [0, 0.05) is 42.1 Å². The first-order chi connectivity index (χ1) is 13.7. The Balaban J connectivity index is 1.43. The second-order valence-electron chi connectivity index (χ2n) is 6.93. The molecular formula is C21H19N3O3S. The lowest BCUT2D eigenvalue weighted by molar-refractivity contribution is 0.0410. The molecule has 5 rings (SSSR count). The number of hydrogen-bond donors (Lipinski definition) is 1. The van der Waals surface area contributed by atoms with Crippen LogP contribution in [0.4, 0.5) is 0 Å². The van der Waals surface area contributed by atoms with E-state index >= 15 is 0 Å². The number of thioether (sulfide) groups is 1. The molecule has 3 aromatic rings. The van der Waals surface area contributed by atoms with E-state index in [1.165, 1.54) is 0 Å². The highest BCUT2D eigenvalue weighted by molar-refractivity contribution is 7.99. The molecule has 2 heterocycles. The van der Waals surface area contributed by atoms with E-state index in [2.05, 4.69) is 14.9 Å². The fourth-order valence-corrected chi connectivity index (χ4v) is 4.68. The van der Waals surface area contributed by atoms with Crippen LogP contribution in [0.25, 0.3) is 11.0 Å². The number of fused-ring (bicyclic) bond motifs is 4. The minimum Gasteiger partial charge on any atom is -0.379 e. The van der Waals surface area contributed by atoms with Crippen LogP contribution in [0, 0.1) is 0 Å². The number of imidazole rings is 1. The lowest BCUT2D eigenvalue weighted by atomic mass is 9.83. The van der Waals surface area contributed by atoms with E-state index in [4.69, 9.17) is 4.74 Å².